The van der Waals surface area contributed by atoms with Crippen LogP contribution in [0.2, 0.25) is 0 Å². The fourth-order valence-electron chi connectivity index (χ4n) is 4.01. The zero-order chi connectivity index (χ0) is 22.8. The lowest BCUT2D eigenvalue weighted by molar-refractivity contribution is -0.151. The Kier molecular flexibility index (Phi) is 6.62. The first-order valence-corrected chi connectivity index (χ1v) is 11.8. The molecule has 0 radical (unpaired) electrons. The van der Waals surface area contributed by atoms with E-state index in [2.05, 4.69) is 0 Å². The maximum absolute atomic E-state index is 12.0. The van der Waals surface area contributed by atoms with Crippen molar-refractivity contribution in [2.24, 2.45) is 10.6 Å². The molecule has 0 aliphatic carbocycles. The molecule has 7 nitrogen and oxygen atoms in total. The summed E-state index contributed by atoms with van der Waals surface area (Å²) < 4.78 is 40.0. The van der Waals surface area contributed by atoms with Crippen LogP contribution in [0.25, 0.3) is 11.1 Å². The molecule has 1 atom stereocenters. The fourth-order valence-corrected chi connectivity index (χ4v) is 4.66. The Morgan fingerprint density at radius 1 is 1.19 bits per heavy atom. The van der Waals surface area contributed by atoms with Gasteiger partial charge in [-0.3, -0.25) is 4.79 Å². The highest BCUT2D eigenvalue weighted by Crippen LogP contribution is 2.48. The van der Waals surface area contributed by atoms with E-state index in [1.807, 2.05) is 44.2 Å². The summed E-state index contributed by atoms with van der Waals surface area (Å²) in [6.07, 6.45) is 1.73. The molecule has 2 aromatic carbocycles. The van der Waals surface area contributed by atoms with Crippen LogP contribution < -0.4 is 14.6 Å². The summed E-state index contributed by atoms with van der Waals surface area (Å²) in [5.74, 6) is 0.899. The van der Waals surface area contributed by atoms with E-state index < -0.39 is 15.4 Å². The molecule has 0 bridgehead atoms. The second-order valence-electron chi connectivity index (χ2n) is 8.44. The summed E-state index contributed by atoms with van der Waals surface area (Å²) in [4.78, 5) is 12.0. The van der Waals surface area contributed by atoms with E-state index in [1.165, 1.54) is 7.11 Å². The highest BCUT2D eigenvalue weighted by atomic mass is 32.2. The lowest BCUT2D eigenvalue weighted by Crippen LogP contribution is -2.26. The van der Waals surface area contributed by atoms with Gasteiger partial charge in [-0.1, -0.05) is 24.3 Å². The van der Waals surface area contributed by atoms with Crippen LogP contribution in [0.4, 0.5) is 0 Å². The van der Waals surface area contributed by atoms with Crippen LogP contribution in [0.15, 0.2) is 36.4 Å². The van der Waals surface area contributed by atoms with Crippen molar-refractivity contribution < 1.29 is 27.4 Å². The number of esters is 1. The van der Waals surface area contributed by atoms with Crippen molar-refractivity contribution in [3.63, 3.8) is 0 Å². The zero-order valence-corrected chi connectivity index (χ0v) is 19.1. The van der Waals surface area contributed by atoms with Gasteiger partial charge in [0.1, 0.15) is 17.6 Å². The molecule has 0 saturated heterocycles. The summed E-state index contributed by atoms with van der Waals surface area (Å²) in [6, 6.07) is 11.1. The largest absolute Gasteiger partial charge is 0.496 e. The van der Waals surface area contributed by atoms with Crippen LogP contribution in [0, 0.1) is 5.41 Å². The third-order valence-corrected chi connectivity index (χ3v) is 6.32. The SMILES string of the molecule is COC(=O)C(C)(C)CCCC1Oc2cccc(OC)c2-c2ccc(CS(N)(=O)=O)cc21. The summed E-state index contributed by atoms with van der Waals surface area (Å²) in [6.45, 7) is 3.72. The average molecular weight is 448 g/mol. The highest BCUT2D eigenvalue weighted by Gasteiger charge is 2.31. The van der Waals surface area contributed by atoms with Crippen molar-refractivity contribution >= 4 is 16.0 Å². The van der Waals surface area contributed by atoms with Crippen molar-refractivity contribution in [2.45, 2.75) is 45.0 Å². The lowest BCUT2D eigenvalue weighted by atomic mass is 9.84. The number of carbonyl (C=O) groups is 1. The summed E-state index contributed by atoms with van der Waals surface area (Å²) in [7, 11) is -0.667. The Morgan fingerprint density at radius 3 is 2.58 bits per heavy atom. The molecular formula is C23H29NO6S. The van der Waals surface area contributed by atoms with Crippen molar-refractivity contribution in [2.75, 3.05) is 14.2 Å². The number of hydrogen-bond donors (Lipinski definition) is 1. The van der Waals surface area contributed by atoms with E-state index in [0.29, 0.717) is 29.9 Å². The van der Waals surface area contributed by atoms with Crippen molar-refractivity contribution in [1.82, 2.24) is 0 Å². The molecular weight excluding hydrogens is 418 g/mol. The number of methoxy groups -OCH3 is 2. The Bertz CT molecular complexity index is 1080. The van der Waals surface area contributed by atoms with Gasteiger partial charge in [0.15, 0.2) is 0 Å². The molecule has 31 heavy (non-hydrogen) atoms. The summed E-state index contributed by atoms with van der Waals surface area (Å²) in [5.41, 5.74) is 2.67. The van der Waals surface area contributed by atoms with E-state index >= 15 is 0 Å². The first-order valence-electron chi connectivity index (χ1n) is 10.1. The molecule has 168 valence electrons. The minimum absolute atomic E-state index is 0.247. The highest BCUT2D eigenvalue weighted by molar-refractivity contribution is 7.88. The molecule has 0 spiro atoms. The second kappa shape index (κ2) is 8.88. The number of primary sulfonamides is 1. The van der Waals surface area contributed by atoms with Gasteiger partial charge in [-0.15, -0.1) is 0 Å². The molecule has 1 aliphatic heterocycles. The molecule has 1 heterocycles. The number of ether oxygens (including phenoxy) is 3. The monoisotopic (exact) mass is 447 g/mol. The van der Waals surface area contributed by atoms with Crippen LogP contribution in [0.3, 0.4) is 0 Å². The van der Waals surface area contributed by atoms with Crippen molar-refractivity contribution in [3.8, 4) is 22.6 Å². The van der Waals surface area contributed by atoms with Gasteiger partial charge in [0.05, 0.1) is 31.0 Å². The van der Waals surface area contributed by atoms with E-state index in [1.54, 1.807) is 13.2 Å². The van der Waals surface area contributed by atoms with Crippen LogP contribution in [0.1, 0.15) is 50.3 Å². The second-order valence-corrected chi connectivity index (χ2v) is 10.1. The molecule has 0 aromatic heterocycles. The molecule has 8 heteroatoms. The minimum atomic E-state index is -3.66. The Labute approximate surface area is 183 Å². The topological polar surface area (TPSA) is 105 Å². The van der Waals surface area contributed by atoms with E-state index in [-0.39, 0.29) is 17.8 Å². The summed E-state index contributed by atoms with van der Waals surface area (Å²) in [5, 5.41) is 5.25. The number of fused-ring (bicyclic) bond motifs is 3. The maximum atomic E-state index is 12.0. The third-order valence-electron chi connectivity index (χ3n) is 5.58. The fraction of sp³-hybridized carbons (Fsp3) is 0.435. The molecule has 2 aromatic rings. The van der Waals surface area contributed by atoms with Gasteiger partial charge in [0, 0.05) is 5.56 Å². The lowest BCUT2D eigenvalue weighted by Gasteiger charge is -2.31. The predicted molar refractivity (Wildman–Crippen MR) is 118 cm³/mol. The molecule has 0 amide bonds. The van der Waals surface area contributed by atoms with Crippen LogP contribution >= 0.6 is 0 Å². The number of carbonyl (C=O) groups excluding carboxylic acids is 1. The quantitative estimate of drug-likeness (QED) is 0.614. The Balaban J connectivity index is 1.95. The van der Waals surface area contributed by atoms with Gasteiger partial charge in [-0.25, -0.2) is 13.6 Å². The molecule has 0 fully saturated rings. The maximum Gasteiger partial charge on any atom is 0.311 e. The van der Waals surface area contributed by atoms with Crippen LogP contribution in [0.5, 0.6) is 11.5 Å². The first-order chi connectivity index (χ1) is 14.6. The van der Waals surface area contributed by atoms with Gasteiger partial charge < -0.3 is 14.2 Å². The van der Waals surface area contributed by atoms with Gasteiger partial charge in [0.25, 0.3) is 0 Å². The molecule has 2 N–H and O–H groups in total. The van der Waals surface area contributed by atoms with Gasteiger partial charge in [-0.2, -0.15) is 0 Å². The Morgan fingerprint density at radius 2 is 1.94 bits per heavy atom. The minimum Gasteiger partial charge on any atom is -0.496 e. The van der Waals surface area contributed by atoms with Crippen LogP contribution in [-0.4, -0.2) is 28.6 Å². The number of nitrogens with two attached hydrogens (primary N) is 1. The van der Waals surface area contributed by atoms with Crippen LogP contribution in [-0.2, 0) is 25.3 Å². The average Bonchev–Trinajstić information content (AvgIpc) is 2.71. The predicted octanol–water partition coefficient (Wildman–Crippen LogP) is 3.95. The smallest absolute Gasteiger partial charge is 0.311 e. The van der Waals surface area contributed by atoms with Gasteiger partial charge in [0.2, 0.25) is 10.0 Å². The molecule has 1 aliphatic rings. The third kappa shape index (κ3) is 5.19. The van der Waals surface area contributed by atoms with Crippen molar-refractivity contribution in [1.29, 1.82) is 0 Å². The number of hydrogen-bond acceptors (Lipinski definition) is 6. The summed E-state index contributed by atoms with van der Waals surface area (Å²) >= 11 is 0. The van der Waals surface area contributed by atoms with E-state index in [0.717, 1.165) is 23.1 Å². The van der Waals surface area contributed by atoms with E-state index in [4.69, 9.17) is 19.3 Å². The Hall–Kier alpha value is -2.58. The first kappa shape index (κ1) is 23.1. The molecule has 3 rings (SSSR count). The van der Waals surface area contributed by atoms with Crippen molar-refractivity contribution in [3.05, 3.63) is 47.5 Å². The molecule has 0 saturated carbocycles. The normalized spacial score (nSPS) is 15.5. The van der Waals surface area contributed by atoms with Gasteiger partial charge >= 0.3 is 5.97 Å². The standard InChI is InChI=1S/C23H29NO6S/c1-23(2,22(25)29-4)12-6-9-18-17-13-15(14-31(24,26)27)10-11-16(17)21-19(28-3)7-5-8-20(21)30-18/h5,7-8,10-11,13,18H,6,9,12,14H2,1-4H3,(H2,24,26,27). The number of rotatable bonds is 8. The number of sulfonamides is 1. The van der Waals surface area contributed by atoms with E-state index in [9.17, 15) is 13.2 Å². The zero-order valence-electron chi connectivity index (χ0n) is 18.3. The molecule has 1 unspecified atom stereocenters. The van der Waals surface area contributed by atoms with Gasteiger partial charge in [-0.05, 0) is 56.4 Å². The number of benzene rings is 2.